The first kappa shape index (κ1) is 13.3. The van der Waals surface area contributed by atoms with Crippen molar-refractivity contribution in [1.29, 1.82) is 0 Å². The van der Waals surface area contributed by atoms with Crippen LogP contribution in [-0.4, -0.2) is 43.7 Å². The first-order valence-electron chi connectivity index (χ1n) is 6.06. The smallest absolute Gasteiger partial charge is 0.310 e. The van der Waals surface area contributed by atoms with Gasteiger partial charge < -0.3 is 18.9 Å². The van der Waals surface area contributed by atoms with E-state index in [0.717, 1.165) is 0 Å². The molecule has 2 saturated heterocycles. The summed E-state index contributed by atoms with van der Waals surface area (Å²) in [4.78, 5) is 22.3. The minimum Gasteiger partial charge on any atom is -0.458 e. The van der Waals surface area contributed by atoms with E-state index in [1.165, 1.54) is 6.92 Å². The molecule has 0 bridgehead atoms. The lowest BCUT2D eigenvalue weighted by atomic mass is 10.0. The highest BCUT2D eigenvalue weighted by molar-refractivity contribution is 5.74. The van der Waals surface area contributed by atoms with E-state index < -0.39 is 18.2 Å². The Morgan fingerprint density at radius 3 is 2.72 bits per heavy atom. The molecule has 2 aliphatic rings. The molecule has 1 unspecified atom stereocenters. The van der Waals surface area contributed by atoms with E-state index >= 15 is 0 Å². The molecule has 0 aromatic carbocycles. The number of ether oxygens (including phenoxy) is 4. The van der Waals surface area contributed by atoms with Crippen molar-refractivity contribution < 1.29 is 28.5 Å². The molecule has 2 heterocycles. The van der Waals surface area contributed by atoms with Crippen molar-refractivity contribution in [2.24, 2.45) is 5.92 Å². The zero-order chi connectivity index (χ0) is 13.3. The van der Waals surface area contributed by atoms with Crippen molar-refractivity contribution in [3.63, 3.8) is 0 Å². The highest BCUT2D eigenvalue weighted by Gasteiger charge is 2.47. The fraction of sp³-hybridized carbons (Fsp3) is 0.833. The first-order chi connectivity index (χ1) is 8.51. The number of esters is 2. The maximum Gasteiger partial charge on any atom is 0.310 e. The minimum atomic E-state index is -0.553. The third-order valence-electron chi connectivity index (χ3n) is 3.30. The predicted octanol–water partition coefficient (Wildman–Crippen LogP) is 0.631. The van der Waals surface area contributed by atoms with Crippen LogP contribution in [0.4, 0.5) is 0 Å². The second-order valence-electron chi connectivity index (χ2n) is 4.80. The van der Waals surface area contributed by atoms with Gasteiger partial charge in [-0.25, -0.2) is 0 Å². The molecule has 0 aromatic rings. The monoisotopic (exact) mass is 258 g/mol. The van der Waals surface area contributed by atoms with E-state index in [1.54, 1.807) is 7.11 Å². The van der Waals surface area contributed by atoms with Gasteiger partial charge in [0, 0.05) is 20.0 Å². The van der Waals surface area contributed by atoms with Crippen LogP contribution < -0.4 is 0 Å². The summed E-state index contributed by atoms with van der Waals surface area (Å²) in [5, 5.41) is 0. The number of carbonyl (C=O) groups excluding carboxylic acids is 2. The molecule has 5 atom stereocenters. The van der Waals surface area contributed by atoms with Gasteiger partial charge in [-0.1, -0.05) is 6.92 Å². The second kappa shape index (κ2) is 5.24. The van der Waals surface area contributed by atoms with Gasteiger partial charge in [-0.3, -0.25) is 9.59 Å². The number of carbonyl (C=O) groups is 2. The first-order valence-corrected chi connectivity index (χ1v) is 6.06. The predicted molar refractivity (Wildman–Crippen MR) is 59.5 cm³/mol. The van der Waals surface area contributed by atoms with Gasteiger partial charge >= 0.3 is 11.9 Å². The molecule has 2 fully saturated rings. The van der Waals surface area contributed by atoms with Crippen molar-refractivity contribution >= 4 is 11.9 Å². The third-order valence-corrected chi connectivity index (χ3v) is 3.30. The van der Waals surface area contributed by atoms with Gasteiger partial charge in [-0.15, -0.1) is 0 Å². The molecular weight excluding hydrogens is 240 g/mol. The molecule has 0 N–H and O–H groups in total. The summed E-state index contributed by atoms with van der Waals surface area (Å²) in [7, 11) is 1.58. The number of rotatable bonds is 3. The van der Waals surface area contributed by atoms with E-state index in [0.29, 0.717) is 6.42 Å². The van der Waals surface area contributed by atoms with Gasteiger partial charge in [-0.05, 0) is 6.42 Å². The van der Waals surface area contributed by atoms with Crippen LogP contribution in [0.1, 0.15) is 26.7 Å². The second-order valence-corrected chi connectivity index (χ2v) is 4.80. The number of cyclic esters (lactones) is 1. The molecule has 0 spiro atoms. The summed E-state index contributed by atoms with van der Waals surface area (Å²) < 4.78 is 21.2. The Labute approximate surface area is 106 Å². The van der Waals surface area contributed by atoms with Crippen molar-refractivity contribution in [1.82, 2.24) is 0 Å². The summed E-state index contributed by atoms with van der Waals surface area (Å²) in [6.45, 7) is 3.32. The average molecular weight is 258 g/mol. The van der Waals surface area contributed by atoms with Crippen molar-refractivity contribution in [2.45, 2.75) is 51.3 Å². The summed E-state index contributed by atoms with van der Waals surface area (Å²) in [5.41, 5.74) is 0. The molecular formula is C12H18O6. The highest BCUT2D eigenvalue weighted by atomic mass is 16.7. The maximum atomic E-state index is 11.3. The van der Waals surface area contributed by atoms with Crippen LogP contribution in [0.2, 0.25) is 0 Å². The van der Waals surface area contributed by atoms with Crippen LogP contribution in [0.15, 0.2) is 0 Å². The van der Waals surface area contributed by atoms with Crippen molar-refractivity contribution in [3.8, 4) is 0 Å². The topological polar surface area (TPSA) is 71.1 Å². The van der Waals surface area contributed by atoms with Crippen LogP contribution >= 0.6 is 0 Å². The Morgan fingerprint density at radius 2 is 2.17 bits per heavy atom. The molecule has 0 radical (unpaired) electrons. The van der Waals surface area contributed by atoms with Crippen molar-refractivity contribution in [2.75, 3.05) is 7.11 Å². The SMILES string of the molecule is COC1O[C@H]([C@H]2OC(=O)C[C@H]2OC(C)=O)C[C@@H]1C. The molecule has 6 nitrogen and oxygen atoms in total. The maximum absolute atomic E-state index is 11.3. The van der Waals surface area contributed by atoms with Gasteiger partial charge in [-0.2, -0.15) is 0 Å². The molecule has 18 heavy (non-hydrogen) atoms. The quantitative estimate of drug-likeness (QED) is 0.691. The summed E-state index contributed by atoms with van der Waals surface area (Å²) >= 11 is 0. The van der Waals surface area contributed by atoms with E-state index in [-0.39, 0.29) is 30.7 Å². The lowest BCUT2D eigenvalue weighted by Gasteiger charge is -2.22. The van der Waals surface area contributed by atoms with Gasteiger partial charge in [0.2, 0.25) is 0 Å². The molecule has 0 aliphatic carbocycles. The van der Waals surface area contributed by atoms with E-state index in [1.807, 2.05) is 6.92 Å². The Hall–Kier alpha value is -1.14. The third kappa shape index (κ3) is 2.64. The fourth-order valence-electron chi connectivity index (χ4n) is 2.53. The summed E-state index contributed by atoms with van der Waals surface area (Å²) in [6, 6.07) is 0. The summed E-state index contributed by atoms with van der Waals surface area (Å²) in [6.07, 6.45) is -0.843. The number of hydrogen-bond acceptors (Lipinski definition) is 6. The highest BCUT2D eigenvalue weighted by Crippen LogP contribution is 2.34. The summed E-state index contributed by atoms with van der Waals surface area (Å²) in [5.74, 6) is -0.557. The number of hydrogen-bond donors (Lipinski definition) is 0. The van der Waals surface area contributed by atoms with E-state index in [4.69, 9.17) is 18.9 Å². The normalized spacial score (nSPS) is 39.7. The van der Waals surface area contributed by atoms with Crippen LogP contribution in [0.5, 0.6) is 0 Å². The minimum absolute atomic E-state index is 0.0934. The molecule has 0 amide bonds. The zero-order valence-electron chi connectivity index (χ0n) is 10.8. The molecule has 2 rings (SSSR count). The fourth-order valence-corrected chi connectivity index (χ4v) is 2.53. The molecule has 6 heteroatoms. The lowest BCUT2D eigenvalue weighted by molar-refractivity contribution is -0.175. The van der Waals surface area contributed by atoms with Crippen LogP contribution in [0.25, 0.3) is 0 Å². The lowest BCUT2D eigenvalue weighted by Crippen LogP contribution is -2.37. The molecule has 2 aliphatic heterocycles. The van der Waals surface area contributed by atoms with Crippen LogP contribution in [-0.2, 0) is 28.5 Å². The standard InChI is InChI=1S/C12H18O6/c1-6-4-8(17-12(6)15-3)11-9(16-7(2)13)5-10(14)18-11/h6,8-9,11-12H,4-5H2,1-3H3/t6-,8-,9+,11+,12?/m0/s1. The van der Waals surface area contributed by atoms with Gasteiger partial charge in [0.25, 0.3) is 0 Å². The molecule has 102 valence electrons. The Balaban J connectivity index is 2.02. The van der Waals surface area contributed by atoms with Crippen LogP contribution in [0, 0.1) is 5.92 Å². The number of methoxy groups -OCH3 is 1. The largest absolute Gasteiger partial charge is 0.458 e. The Bertz CT molecular complexity index is 341. The van der Waals surface area contributed by atoms with E-state index in [9.17, 15) is 9.59 Å². The Morgan fingerprint density at radius 1 is 1.44 bits per heavy atom. The molecule has 0 saturated carbocycles. The van der Waals surface area contributed by atoms with Gasteiger partial charge in [0.05, 0.1) is 6.42 Å². The van der Waals surface area contributed by atoms with E-state index in [2.05, 4.69) is 0 Å². The average Bonchev–Trinajstić information content (AvgIpc) is 2.81. The molecule has 0 aromatic heterocycles. The van der Waals surface area contributed by atoms with Crippen LogP contribution in [0.3, 0.4) is 0 Å². The van der Waals surface area contributed by atoms with Gasteiger partial charge in [0.1, 0.15) is 6.10 Å². The Kier molecular flexibility index (Phi) is 3.87. The van der Waals surface area contributed by atoms with Crippen molar-refractivity contribution in [3.05, 3.63) is 0 Å². The zero-order valence-corrected chi connectivity index (χ0v) is 10.8. The van der Waals surface area contributed by atoms with Gasteiger partial charge in [0.15, 0.2) is 18.5 Å².